The van der Waals surface area contributed by atoms with Crippen molar-refractivity contribution in [3.63, 3.8) is 0 Å². The van der Waals surface area contributed by atoms with Gasteiger partial charge in [0.25, 0.3) is 0 Å². The van der Waals surface area contributed by atoms with Crippen LogP contribution in [0.3, 0.4) is 0 Å². The molecule has 0 unspecified atom stereocenters. The minimum Gasteiger partial charge on any atom is -0.336 e. The van der Waals surface area contributed by atoms with Crippen LogP contribution in [0.4, 0.5) is 0 Å². The Labute approximate surface area is 163 Å². The van der Waals surface area contributed by atoms with E-state index in [1.807, 2.05) is 24.0 Å². The normalized spacial score (nSPS) is 25.5. The minimum absolute atomic E-state index is 0.171. The maximum Gasteiger partial charge on any atom is 0.243 e. The molecule has 1 aromatic rings. The highest BCUT2D eigenvalue weighted by molar-refractivity contribution is 7.89. The molecule has 1 amide bonds. The van der Waals surface area contributed by atoms with Gasteiger partial charge in [-0.05, 0) is 52.2 Å². The van der Waals surface area contributed by atoms with Crippen LogP contribution in [0, 0.1) is 6.92 Å². The van der Waals surface area contributed by atoms with Crippen LogP contribution in [0.1, 0.15) is 38.7 Å². The molecule has 2 heterocycles. The van der Waals surface area contributed by atoms with Crippen molar-refractivity contribution in [1.29, 1.82) is 0 Å². The monoisotopic (exact) mass is 393 g/mol. The number of piperidine rings is 1. The Morgan fingerprint density at radius 3 is 2.11 bits per heavy atom. The lowest BCUT2D eigenvalue weighted by Gasteiger charge is -2.41. The Bertz CT molecular complexity index is 745. The van der Waals surface area contributed by atoms with Gasteiger partial charge in [0.2, 0.25) is 15.9 Å². The van der Waals surface area contributed by atoms with Gasteiger partial charge in [-0.3, -0.25) is 9.69 Å². The van der Waals surface area contributed by atoms with Crippen molar-refractivity contribution in [2.75, 3.05) is 32.7 Å². The van der Waals surface area contributed by atoms with Crippen molar-refractivity contribution in [3.05, 3.63) is 29.8 Å². The topological polar surface area (TPSA) is 60.9 Å². The zero-order valence-corrected chi connectivity index (χ0v) is 17.4. The van der Waals surface area contributed by atoms with Crippen LogP contribution in [0.5, 0.6) is 0 Å². The molecular formula is C20H31N3O3S. The number of rotatable bonds is 4. The fourth-order valence-corrected chi connectivity index (χ4v) is 5.60. The molecule has 150 valence electrons. The van der Waals surface area contributed by atoms with E-state index in [9.17, 15) is 13.2 Å². The second kappa shape index (κ2) is 8.29. The number of nitrogens with zero attached hydrogens (tertiary/aromatic N) is 3. The molecule has 0 N–H and O–H groups in total. The highest BCUT2D eigenvalue weighted by atomic mass is 32.2. The number of amides is 1. The van der Waals surface area contributed by atoms with Gasteiger partial charge in [-0.15, -0.1) is 0 Å². The van der Waals surface area contributed by atoms with Crippen molar-refractivity contribution in [2.24, 2.45) is 0 Å². The molecule has 0 aliphatic carbocycles. The molecule has 2 aliphatic heterocycles. The Kier molecular flexibility index (Phi) is 6.23. The van der Waals surface area contributed by atoms with Crippen LogP contribution in [0.2, 0.25) is 0 Å². The predicted molar refractivity (Wildman–Crippen MR) is 106 cm³/mol. The quantitative estimate of drug-likeness (QED) is 0.786. The molecule has 0 saturated carbocycles. The smallest absolute Gasteiger partial charge is 0.243 e. The number of sulfonamides is 1. The average Bonchev–Trinajstić information content (AvgIpc) is 2.62. The average molecular weight is 394 g/mol. The van der Waals surface area contributed by atoms with E-state index in [0.29, 0.717) is 49.7 Å². The second-order valence-corrected chi connectivity index (χ2v) is 9.86. The number of aryl methyl sites for hydroxylation is 1. The van der Waals surface area contributed by atoms with E-state index in [-0.39, 0.29) is 5.91 Å². The van der Waals surface area contributed by atoms with Crippen LogP contribution < -0.4 is 0 Å². The number of likely N-dealkylation sites (tertiary alicyclic amines) is 1. The third-order valence-corrected chi connectivity index (χ3v) is 7.74. The maximum absolute atomic E-state index is 12.8. The first-order valence-corrected chi connectivity index (χ1v) is 11.3. The van der Waals surface area contributed by atoms with Gasteiger partial charge < -0.3 is 4.90 Å². The first-order chi connectivity index (χ1) is 12.8. The van der Waals surface area contributed by atoms with Gasteiger partial charge in [-0.25, -0.2) is 8.42 Å². The van der Waals surface area contributed by atoms with Gasteiger partial charge in [0.05, 0.1) is 11.4 Å². The van der Waals surface area contributed by atoms with Crippen LogP contribution in [-0.2, 0) is 14.8 Å². The summed E-state index contributed by atoms with van der Waals surface area (Å²) >= 11 is 0. The molecule has 0 radical (unpaired) electrons. The summed E-state index contributed by atoms with van der Waals surface area (Å²) < 4.78 is 27.1. The van der Waals surface area contributed by atoms with E-state index in [4.69, 9.17) is 0 Å². The molecule has 0 aromatic heterocycles. The van der Waals surface area contributed by atoms with Gasteiger partial charge in [0.15, 0.2) is 0 Å². The van der Waals surface area contributed by atoms with E-state index in [0.717, 1.165) is 18.4 Å². The molecule has 2 fully saturated rings. The van der Waals surface area contributed by atoms with Crippen LogP contribution in [0.25, 0.3) is 0 Å². The summed E-state index contributed by atoms with van der Waals surface area (Å²) in [5.74, 6) is 0.171. The second-order valence-electron chi connectivity index (χ2n) is 7.92. The highest BCUT2D eigenvalue weighted by Crippen LogP contribution is 2.23. The Balaban J connectivity index is 1.57. The van der Waals surface area contributed by atoms with Gasteiger partial charge in [-0.1, -0.05) is 17.7 Å². The zero-order valence-electron chi connectivity index (χ0n) is 16.6. The summed E-state index contributed by atoms with van der Waals surface area (Å²) in [5, 5.41) is 0. The molecule has 2 saturated heterocycles. The Hall–Kier alpha value is -1.44. The van der Waals surface area contributed by atoms with E-state index in [1.165, 1.54) is 10.7 Å². The Morgan fingerprint density at radius 2 is 1.56 bits per heavy atom. The molecular weight excluding hydrogens is 362 g/mol. The lowest BCUT2D eigenvalue weighted by molar-refractivity contribution is -0.138. The van der Waals surface area contributed by atoms with E-state index in [2.05, 4.69) is 18.7 Å². The molecule has 7 heteroatoms. The van der Waals surface area contributed by atoms with Crippen molar-refractivity contribution >= 4 is 15.9 Å². The van der Waals surface area contributed by atoms with E-state index in [1.54, 1.807) is 12.1 Å². The SMILES string of the molecule is Cc1ccc(S(=O)(=O)N2CCN(CC(=O)N3[C@H](C)CCC[C@H]3C)CC2)cc1. The maximum atomic E-state index is 12.8. The van der Waals surface area contributed by atoms with Crippen LogP contribution in [0.15, 0.2) is 29.2 Å². The summed E-state index contributed by atoms with van der Waals surface area (Å²) in [5.41, 5.74) is 1.04. The van der Waals surface area contributed by atoms with Crippen molar-refractivity contribution < 1.29 is 13.2 Å². The zero-order chi connectivity index (χ0) is 19.6. The van der Waals surface area contributed by atoms with E-state index >= 15 is 0 Å². The molecule has 0 spiro atoms. The highest BCUT2D eigenvalue weighted by Gasteiger charge is 2.32. The molecule has 2 aliphatic rings. The number of hydrogen-bond acceptors (Lipinski definition) is 4. The van der Waals surface area contributed by atoms with Gasteiger partial charge in [0.1, 0.15) is 0 Å². The van der Waals surface area contributed by atoms with Crippen molar-refractivity contribution in [2.45, 2.75) is 57.0 Å². The summed E-state index contributed by atoms with van der Waals surface area (Å²) in [7, 11) is -3.46. The third kappa shape index (κ3) is 4.52. The van der Waals surface area contributed by atoms with Crippen molar-refractivity contribution in [3.8, 4) is 0 Å². The first-order valence-electron chi connectivity index (χ1n) is 9.89. The summed E-state index contributed by atoms with van der Waals surface area (Å²) in [6, 6.07) is 7.57. The van der Waals surface area contributed by atoms with Crippen LogP contribution in [-0.4, -0.2) is 73.2 Å². The standard InChI is InChI=1S/C20H31N3O3S/c1-16-7-9-19(10-8-16)27(25,26)22-13-11-21(12-14-22)15-20(24)23-17(2)5-4-6-18(23)3/h7-10,17-18H,4-6,11-15H2,1-3H3/t17-,18-/m1/s1. The molecule has 3 rings (SSSR count). The summed E-state index contributed by atoms with van der Waals surface area (Å²) in [6.07, 6.45) is 3.32. The first kappa shape index (κ1) is 20.3. The molecule has 27 heavy (non-hydrogen) atoms. The summed E-state index contributed by atoms with van der Waals surface area (Å²) in [4.78, 5) is 17.2. The fraction of sp³-hybridized carbons (Fsp3) is 0.650. The number of carbonyl (C=O) groups is 1. The summed E-state index contributed by atoms with van der Waals surface area (Å²) in [6.45, 7) is 8.60. The lowest BCUT2D eigenvalue weighted by Crippen LogP contribution is -2.54. The van der Waals surface area contributed by atoms with Gasteiger partial charge >= 0.3 is 0 Å². The number of piperazine rings is 1. The largest absolute Gasteiger partial charge is 0.336 e. The van der Waals surface area contributed by atoms with Gasteiger partial charge in [-0.2, -0.15) is 4.31 Å². The van der Waals surface area contributed by atoms with Crippen LogP contribution >= 0.6 is 0 Å². The third-order valence-electron chi connectivity index (χ3n) is 5.83. The molecule has 6 nitrogen and oxygen atoms in total. The molecule has 2 atom stereocenters. The molecule has 1 aromatic carbocycles. The predicted octanol–water partition coefficient (Wildman–Crippen LogP) is 2.09. The minimum atomic E-state index is -3.46. The Morgan fingerprint density at radius 1 is 1.00 bits per heavy atom. The lowest BCUT2D eigenvalue weighted by atomic mass is 9.97. The van der Waals surface area contributed by atoms with Gasteiger partial charge in [0, 0.05) is 38.3 Å². The van der Waals surface area contributed by atoms with E-state index < -0.39 is 10.0 Å². The number of benzene rings is 1. The fourth-order valence-electron chi connectivity index (χ4n) is 4.17. The molecule has 0 bridgehead atoms. The number of carbonyl (C=O) groups excluding carboxylic acids is 1. The van der Waals surface area contributed by atoms with Crippen molar-refractivity contribution in [1.82, 2.24) is 14.1 Å². The number of hydrogen-bond donors (Lipinski definition) is 0.